The van der Waals surface area contributed by atoms with E-state index in [1.54, 1.807) is 10.7 Å². The Hall–Kier alpha value is -2.96. The predicted molar refractivity (Wildman–Crippen MR) is 74.3 cm³/mol. The van der Waals surface area contributed by atoms with Crippen LogP contribution < -0.4 is 11.5 Å². The first kappa shape index (κ1) is 12.1. The molecule has 0 fully saturated rings. The number of nitrogens with zero attached hydrogens (tertiary/aromatic N) is 4. The lowest BCUT2D eigenvalue weighted by Gasteiger charge is -2.03. The molecule has 0 bridgehead atoms. The van der Waals surface area contributed by atoms with Gasteiger partial charge in [-0.1, -0.05) is 12.1 Å². The normalized spacial score (nSPS) is 10.8. The minimum Gasteiger partial charge on any atom is -0.368 e. The van der Waals surface area contributed by atoms with E-state index >= 15 is 0 Å². The van der Waals surface area contributed by atoms with Crippen molar-refractivity contribution >= 4 is 22.8 Å². The van der Waals surface area contributed by atoms with E-state index in [1.165, 1.54) is 6.20 Å². The zero-order chi connectivity index (χ0) is 14.3. The van der Waals surface area contributed by atoms with Gasteiger partial charge in [0.2, 0.25) is 5.95 Å². The predicted octanol–water partition coefficient (Wildman–Crippen LogP) is 0.805. The fraction of sp³-hybridized carbons (Fsp3) is 0.0769. The molecule has 3 aromatic rings. The molecular weight excluding hydrogens is 256 g/mol. The number of carbonyl (C=O) groups is 1. The largest absolute Gasteiger partial charge is 0.368 e. The maximum absolute atomic E-state index is 11.5. The average Bonchev–Trinajstić information content (AvgIpc) is 2.77. The van der Waals surface area contributed by atoms with Crippen LogP contribution in [0.1, 0.15) is 16.1 Å². The van der Waals surface area contributed by atoms with Crippen molar-refractivity contribution in [1.29, 1.82) is 0 Å². The Bertz CT molecular complexity index is 823. The second-order valence-corrected chi connectivity index (χ2v) is 4.42. The molecule has 2 aromatic heterocycles. The van der Waals surface area contributed by atoms with Crippen molar-refractivity contribution in [1.82, 2.24) is 19.7 Å². The molecule has 4 N–H and O–H groups in total. The smallest absolute Gasteiger partial charge is 0.269 e. The van der Waals surface area contributed by atoms with E-state index in [0.717, 1.165) is 11.1 Å². The van der Waals surface area contributed by atoms with E-state index in [-0.39, 0.29) is 11.6 Å². The van der Waals surface area contributed by atoms with Gasteiger partial charge in [-0.05, 0) is 18.6 Å². The summed E-state index contributed by atoms with van der Waals surface area (Å²) in [7, 11) is 0. The van der Waals surface area contributed by atoms with Gasteiger partial charge in [0.25, 0.3) is 5.91 Å². The fourth-order valence-electron chi connectivity index (χ4n) is 2.06. The molecule has 0 saturated carbocycles. The first-order chi connectivity index (χ1) is 9.56. The SMILES string of the molecule is Cc1ccc2c(C(N)=O)nn(-c3ccnc(N)n3)c2c1. The van der Waals surface area contributed by atoms with Gasteiger partial charge in [0, 0.05) is 17.6 Å². The number of amides is 1. The van der Waals surface area contributed by atoms with E-state index in [4.69, 9.17) is 11.5 Å². The number of carbonyl (C=O) groups excluding carboxylic acids is 1. The minimum atomic E-state index is -0.584. The zero-order valence-corrected chi connectivity index (χ0v) is 10.7. The van der Waals surface area contributed by atoms with Gasteiger partial charge in [-0.15, -0.1) is 0 Å². The van der Waals surface area contributed by atoms with E-state index in [1.807, 2.05) is 25.1 Å². The summed E-state index contributed by atoms with van der Waals surface area (Å²) in [6.45, 7) is 1.95. The Balaban J connectivity index is 2.35. The van der Waals surface area contributed by atoms with Crippen molar-refractivity contribution in [3.05, 3.63) is 41.7 Å². The van der Waals surface area contributed by atoms with Gasteiger partial charge in [-0.3, -0.25) is 4.79 Å². The van der Waals surface area contributed by atoms with Gasteiger partial charge >= 0.3 is 0 Å². The highest BCUT2D eigenvalue weighted by atomic mass is 16.1. The summed E-state index contributed by atoms with van der Waals surface area (Å²) in [6.07, 6.45) is 1.53. The van der Waals surface area contributed by atoms with Crippen molar-refractivity contribution in [2.75, 3.05) is 5.73 Å². The van der Waals surface area contributed by atoms with Crippen LogP contribution in [0, 0.1) is 6.92 Å². The summed E-state index contributed by atoms with van der Waals surface area (Å²) < 4.78 is 1.54. The van der Waals surface area contributed by atoms with Crippen LogP contribution in [-0.4, -0.2) is 25.7 Å². The lowest BCUT2D eigenvalue weighted by Crippen LogP contribution is -2.13. The summed E-state index contributed by atoms with van der Waals surface area (Å²) in [5.74, 6) is 0.0414. The number of aryl methyl sites for hydroxylation is 1. The molecule has 7 heteroatoms. The van der Waals surface area contributed by atoms with Crippen molar-refractivity contribution in [3.63, 3.8) is 0 Å². The number of aromatic nitrogens is 4. The fourth-order valence-corrected chi connectivity index (χ4v) is 2.06. The number of benzene rings is 1. The lowest BCUT2D eigenvalue weighted by molar-refractivity contribution is 0.0996. The summed E-state index contributed by atoms with van der Waals surface area (Å²) in [4.78, 5) is 19.5. The molecule has 1 aromatic carbocycles. The number of primary amides is 1. The third kappa shape index (κ3) is 1.85. The number of nitrogens with two attached hydrogens (primary N) is 2. The van der Waals surface area contributed by atoms with Gasteiger partial charge in [-0.25, -0.2) is 9.67 Å². The maximum Gasteiger partial charge on any atom is 0.269 e. The van der Waals surface area contributed by atoms with Crippen molar-refractivity contribution in [2.45, 2.75) is 6.92 Å². The van der Waals surface area contributed by atoms with Crippen molar-refractivity contribution in [2.24, 2.45) is 5.73 Å². The molecule has 1 amide bonds. The van der Waals surface area contributed by atoms with Crippen LogP contribution in [0.25, 0.3) is 16.7 Å². The van der Waals surface area contributed by atoms with Crippen LogP contribution in [0.15, 0.2) is 30.5 Å². The summed E-state index contributed by atoms with van der Waals surface area (Å²) in [6, 6.07) is 7.29. The average molecular weight is 268 g/mol. The van der Waals surface area contributed by atoms with E-state index in [0.29, 0.717) is 11.2 Å². The molecule has 20 heavy (non-hydrogen) atoms. The highest BCUT2D eigenvalue weighted by molar-refractivity contribution is 6.04. The standard InChI is InChI=1S/C13H12N6O/c1-7-2-3-8-9(6-7)19(18-11(8)12(14)20)10-4-5-16-13(15)17-10/h2-6H,1H3,(H2,14,20)(H2,15,16,17). The van der Waals surface area contributed by atoms with Crippen LogP contribution in [0.3, 0.4) is 0 Å². The highest BCUT2D eigenvalue weighted by Gasteiger charge is 2.16. The lowest BCUT2D eigenvalue weighted by atomic mass is 10.1. The highest BCUT2D eigenvalue weighted by Crippen LogP contribution is 2.22. The number of anilines is 1. The number of fused-ring (bicyclic) bond motifs is 1. The van der Waals surface area contributed by atoms with Crippen LogP contribution in [0.5, 0.6) is 0 Å². The summed E-state index contributed by atoms with van der Waals surface area (Å²) in [5, 5.41) is 4.92. The molecule has 0 unspecified atom stereocenters. The van der Waals surface area contributed by atoms with Crippen molar-refractivity contribution < 1.29 is 4.79 Å². The molecule has 0 saturated heterocycles. The Kier molecular flexibility index (Phi) is 2.60. The summed E-state index contributed by atoms with van der Waals surface area (Å²) in [5.41, 5.74) is 12.9. The molecule has 0 aliphatic carbocycles. The molecule has 0 spiro atoms. The van der Waals surface area contributed by atoms with E-state index in [9.17, 15) is 4.79 Å². The van der Waals surface area contributed by atoms with Gasteiger partial charge in [0.05, 0.1) is 5.52 Å². The third-order valence-electron chi connectivity index (χ3n) is 2.95. The van der Waals surface area contributed by atoms with Crippen LogP contribution >= 0.6 is 0 Å². The molecule has 3 rings (SSSR count). The maximum atomic E-state index is 11.5. The molecule has 0 atom stereocenters. The van der Waals surface area contributed by atoms with Gasteiger partial charge in [-0.2, -0.15) is 10.1 Å². The minimum absolute atomic E-state index is 0.138. The second kappa shape index (κ2) is 4.30. The van der Waals surface area contributed by atoms with Gasteiger partial charge in [0.1, 0.15) is 0 Å². The Morgan fingerprint density at radius 3 is 2.80 bits per heavy atom. The van der Waals surface area contributed by atoms with Gasteiger partial charge < -0.3 is 11.5 Å². The Morgan fingerprint density at radius 1 is 1.30 bits per heavy atom. The second-order valence-electron chi connectivity index (χ2n) is 4.42. The monoisotopic (exact) mass is 268 g/mol. The molecule has 0 aliphatic heterocycles. The number of hydrogen-bond donors (Lipinski definition) is 2. The van der Waals surface area contributed by atoms with Crippen LogP contribution in [0.2, 0.25) is 0 Å². The first-order valence-corrected chi connectivity index (χ1v) is 5.94. The molecule has 0 radical (unpaired) electrons. The number of hydrogen-bond acceptors (Lipinski definition) is 5. The van der Waals surface area contributed by atoms with Crippen LogP contribution in [-0.2, 0) is 0 Å². The molecule has 100 valence electrons. The molecule has 2 heterocycles. The number of nitrogen functional groups attached to an aromatic ring is 1. The van der Waals surface area contributed by atoms with Gasteiger partial charge in [0.15, 0.2) is 11.5 Å². The molecular formula is C13H12N6O. The third-order valence-corrected chi connectivity index (χ3v) is 2.95. The number of rotatable bonds is 2. The molecule has 0 aliphatic rings. The Labute approximate surface area is 114 Å². The Morgan fingerprint density at radius 2 is 2.10 bits per heavy atom. The molecule has 7 nitrogen and oxygen atoms in total. The zero-order valence-electron chi connectivity index (χ0n) is 10.7. The quantitative estimate of drug-likeness (QED) is 0.714. The summed E-state index contributed by atoms with van der Waals surface area (Å²) >= 11 is 0. The van der Waals surface area contributed by atoms with Crippen molar-refractivity contribution in [3.8, 4) is 5.82 Å². The van der Waals surface area contributed by atoms with E-state index < -0.39 is 5.91 Å². The topological polar surface area (TPSA) is 113 Å². The van der Waals surface area contributed by atoms with Crippen LogP contribution in [0.4, 0.5) is 5.95 Å². The first-order valence-electron chi connectivity index (χ1n) is 5.94. The van der Waals surface area contributed by atoms with E-state index in [2.05, 4.69) is 15.1 Å².